The van der Waals surface area contributed by atoms with Gasteiger partial charge in [-0.3, -0.25) is 9.78 Å². The normalized spacial score (nSPS) is 11.2. The smallest absolute Gasteiger partial charge is 0.332 e. The molecule has 0 fully saturated rings. The van der Waals surface area contributed by atoms with E-state index in [0.29, 0.717) is 5.56 Å². The van der Waals surface area contributed by atoms with Gasteiger partial charge in [-0.2, -0.15) is 0 Å². The molecule has 1 amide bonds. The minimum atomic E-state index is -1.26. The second-order valence-corrected chi connectivity index (χ2v) is 3.36. The van der Waals surface area contributed by atoms with Gasteiger partial charge in [0.25, 0.3) is 5.91 Å². The van der Waals surface area contributed by atoms with Gasteiger partial charge in [0.1, 0.15) is 0 Å². The number of hydrogen-bond acceptors (Lipinski definition) is 6. The first kappa shape index (κ1) is 18.0. The molecule has 108 valence electrons. The zero-order valence-corrected chi connectivity index (χ0v) is 12.8. The predicted molar refractivity (Wildman–Crippen MR) is 78.8 cm³/mol. The van der Waals surface area contributed by atoms with Crippen molar-refractivity contribution in [1.29, 1.82) is 0 Å². The molecule has 0 radical (unpaired) electrons. The van der Waals surface area contributed by atoms with Crippen molar-refractivity contribution in [2.45, 2.75) is 6.10 Å². The van der Waals surface area contributed by atoms with Crippen LogP contribution in [0.3, 0.4) is 0 Å². The van der Waals surface area contributed by atoms with E-state index in [0.717, 1.165) is 12.2 Å². The van der Waals surface area contributed by atoms with Crippen LogP contribution in [0.25, 0.3) is 0 Å². The lowest BCUT2D eigenvalue weighted by atomic mass is 10.1. The summed E-state index contributed by atoms with van der Waals surface area (Å²) in [6.07, 6.45) is 3.32. The van der Waals surface area contributed by atoms with Gasteiger partial charge < -0.3 is 15.2 Å². The van der Waals surface area contributed by atoms with Crippen molar-refractivity contribution >= 4 is 41.8 Å². The summed E-state index contributed by atoms with van der Waals surface area (Å²) < 4.78 is 9.15. The van der Waals surface area contributed by atoms with Crippen molar-refractivity contribution in [3.8, 4) is 0 Å². The molecule has 8 heteroatoms. The minimum absolute atomic E-state index is 0. The van der Waals surface area contributed by atoms with E-state index >= 15 is 0 Å². The van der Waals surface area contributed by atoms with Gasteiger partial charge in [0.2, 0.25) is 6.10 Å². The molecular formula is C12H13IN2O5. The van der Waals surface area contributed by atoms with Crippen LogP contribution in [-0.4, -0.2) is 29.9 Å². The van der Waals surface area contributed by atoms with Gasteiger partial charge in [0.05, 0.1) is 7.11 Å². The van der Waals surface area contributed by atoms with E-state index in [1.165, 1.54) is 19.5 Å². The maximum absolute atomic E-state index is 11.4. The summed E-state index contributed by atoms with van der Waals surface area (Å²) in [6.45, 7) is 0. The number of carbonyl (C=O) groups is 3. The number of amides is 1. The predicted octanol–water partition coefficient (Wildman–Crippen LogP) is 0.498. The van der Waals surface area contributed by atoms with E-state index in [-0.39, 0.29) is 24.0 Å². The van der Waals surface area contributed by atoms with Crippen LogP contribution in [0, 0.1) is 0 Å². The summed E-state index contributed by atoms with van der Waals surface area (Å²) in [7, 11) is 1.17. The Morgan fingerprint density at radius 2 is 1.95 bits per heavy atom. The summed E-state index contributed by atoms with van der Waals surface area (Å²) in [5.41, 5.74) is 5.48. The standard InChI is InChI=1S/C12H12N2O5.HI/c1-18-9(15)4-5-10(16)19-11(12(13)17)8-3-2-6-14-7-8;/h2-7,11H,1H3,(H2,13,17);1H/b5-4+;/t11-;/m0./s1. The molecule has 0 aromatic carbocycles. The van der Waals surface area contributed by atoms with Crippen molar-refractivity contribution in [1.82, 2.24) is 4.98 Å². The fourth-order valence-corrected chi connectivity index (χ4v) is 1.18. The Bertz CT molecular complexity index is 504. The highest BCUT2D eigenvalue weighted by molar-refractivity contribution is 14.0. The Morgan fingerprint density at radius 3 is 2.45 bits per heavy atom. The van der Waals surface area contributed by atoms with E-state index in [1.807, 2.05) is 0 Å². The van der Waals surface area contributed by atoms with Gasteiger partial charge in [-0.1, -0.05) is 6.07 Å². The Labute approximate surface area is 132 Å². The monoisotopic (exact) mass is 392 g/mol. The molecule has 1 aromatic heterocycles. The molecule has 0 unspecified atom stereocenters. The third-order valence-electron chi connectivity index (χ3n) is 2.04. The molecule has 1 heterocycles. The van der Waals surface area contributed by atoms with Gasteiger partial charge >= 0.3 is 11.9 Å². The molecule has 1 aromatic rings. The second kappa shape index (κ2) is 9.02. The molecular weight excluding hydrogens is 379 g/mol. The third kappa shape index (κ3) is 5.78. The number of ether oxygens (including phenoxy) is 2. The molecule has 20 heavy (non-hydrogen) atoms. The molecule has 0 bridgehead atoms. The number of nitrogens with two attached hydrogens (primary N) is 1. The highest BCUT2D eigenvalue weighted by Crippen LogP contribution is 2.15. The Morgan fingerprint density at radius 1 is 1.30 bits per heavy atom. The molecule has 0 aliphatic carbocycles. The van der Waals surface area contributed by atoms with Crippen molar-refractivity contribution in [3.05, 3.63) is 42.2 Å². The highest BCUT2D eigenvalue weighted by atomic mass is 127. The maximum Gasteiger partial charge on any atom is 0.332 e. The maximum atomic E-state index is 11.4. The fraction of sp³-hybridized carbons (Fsp3) is 0.167. The molecule has 2 N–H and O–H groups in total. The van der Waals surface area contributed by atoms with Crippen molar-refractivity contribution in [2.24, 2.45) is 5.73 Å². The number of rotatable bonds is 5. The number of carbonyl (C=O) groups excluding carboxylic acids is 3. The zero-order chi connectivity index (χ0) is 14.3. The van der Waals surface area contributed by atoms with Crippen LogP contribution in [0.15, 0.2) is 36.7 Å². The van der Waals surface area contributed by atoms with E-state index < -0.39 is 23.9 Å². The highest BCUT2D eigenvalue weighted by Gasteiger charge is 2.21. The van der Waals surface area contributed by atoms with Crippen molar-refractivity contribution < 1.29 is 23.9 Å². The number of primary amides is 1. The molecule has 1 rings (SSSR count). The topological polar surface area (TPSA) is 109 Å². The van der Waals surface area contributed by atoms with E-state index in [2.05, 4.69) is 9.72 Å². The minimum Gasteiger partial charge on any atom is -0.466 e. The van der Waals surface area contributed by atoms with E-state index in [9.17, 15) is 14.4 Å². The van der Waals surface area contributed by atoms with Gasteiger partial charge in [-0.05, 0) is 6.07 Å². The first-order valence-electron chi connectivity index (χ1n) is 5.20. The van der Waals surface area contributed by atoms with Gasteiger partial charge in [0.15, 0.2) is 0 Å². The molecule has 0 spiro atoms. The molecule has 7 nitrogen and oxygen atoms in total. The second-order valence-electron chi connectivity index (χ2n) is 3.36. The quantitative estimate of drug-likeness (QED) is 0.444. The van der Waals surface area contributed by atoms with Crippen LogP contribution in [0.5, 0.6) is 0 Å². The lowest BCUT2D eigenvalue weighted by Gasteiger charge is -2.12. The molecule has 1 atom stereocenters. The van der Waals surface area contributed by atoms with Gasteiger partial charge in [-0.15, -0.1) is 24.0 Å². The van der Waals surface area contributed by atoms with Crippen LogP contribution in [0.1, 0.15) is 11.7 Å². The van der Waals surface area contributed by atoms with Crippen LogP contribution < -0.4 is 5.73 Å². The van der Waals surface area contributed by atoms with Gasteiger partial charge in [0, 0.05) is 30.1 Å². The Kier molecular flexibility index (Phi) is 8.13. The number of esters is 2. The summed E-state index contributed by atoms with van der Waals surface area (Å²) in [5, 5.41) is 0. The number of pyridine rings is 1. The lowest BCUT2D eigenvalue weighted by molar-refractivity contribution is -0.150. The average molecular weight is 392 g/mol. The Balaban J connectivity index is 0.00000361. The van der Waals surface area contributed by atoms with E-state index in [4.69, 9.17) is 10.5 Å². The fourth-order valence-electron chi connectivity index (χ4n) is 1.18. The summed E-state index contributed by atoms with van der Waals surface area (Å²) >= 11 is 0. The molecule has 0 saturated heterocycles. The molecule has 0 saturated carbocycles. The lowest BCUT2D eigenvalue weighted by Crippen LogP contribution is -2.25. The summed E-state index contributed by atoms with van der Waals surface area (Å²) in [4.78, 5) is 37.2. The van der Waals surface area contributed by atoms with Crippen molar-refractivity contribution in [2.75, 3.05) is 7.11 Å². The largest absolute Gasteiger partial charge is 0.466 e. The summed E-state index contributed by atoms with van der Waals surface area (Å²) in [6, 6.07) is 3.11. The SMILES string of the molecule is COC(=O)/C=C/C(=O)O[C@H](C(N)=O)c1cccnc1.I. The number of halogens is 1. The van der Waals surface area contributed by atoms with Crippen LogP contribution in [-0.2, 0) is 23.9 Å². The van der Waals surface area contributed by atoms with Crippen LogP contribution in [0.2, 0.25) is 0 Å². The number of aromatic nitrogens is 1. The zero-order valence-electron chi connectivity index (χ0n) is 10.5. The number of hydrogen-bond donors (Lipinski definition) is 1. The van der Waals surface area contributed by atoms with E-state index in [1.54, 1.807) is 12.1 Å². The molecule has 0 aliphatic heterocycles. The van der Waals surface area contributed by atoms with Crippen molar-refractivity contribution in [3.63, 3.8) is 0 Å². The third-order valence-corrected chi connectivity index (χ3v) is 2.04. The average Bonchev–Trinajstić information content (AvgIpc) is 2.42. The Hall–Kier alpha value is -1.97. The van der Waals surface area contributed by atoms with Crippen LogP contribution >= 0.6 is 24.0 Å². The number of nitrogens with zero attached hydrogens (tertiary/aromatic N) is 1. The number of methoxy groups -OCH3 is 1. The van der Waals surface area contributed by atoms with Gasteiger partial charge in [-0.25, -0.2) is 9.59 Å². The van der Waals surface area contributed by atoms with Crippen LogP contribution in [0.4, 0.5) is 0 Å². The summed E-state index contributed by atoms with van der Waals surface area (Å²) in [5.74, 6) is -2.44. The first-order valence-corrected chi connectivity index (χ1v) is 5.20. The molecule has 0 aliphatic rings. The first-order chi connectivity index (χ1) is 9.04.